The summed E-state index contributed by atoms with van der Waals surface area (Å²) in [6.07, 6.45) is 0.109. The molecule has 0 heterocycles. The largest absolute Gasteiger partial charge is 0.488 e. The number of hydrogen-bond donors (Lipinski definition) is 0. The molecule has 0 saturated heterocycles. The molecule has 1 atom stereocenters. The van der Waals surface area contributed by atoms with Crippen molar-refractivity contribution in [3.63, 3.8) is 0 Å². The molecule has 1 rings (SSSR count). The van der Waals surface area contributed by atoms with E-state index in [0.717, 1.165) is 5.75 Å². The Morgan fingerprint density at radius 1 is 1.25 bits per heavy atom. The predicted molar refractivity (Wildman–Crippen MR) is 48.4 cm³/mol. The molecule has 12 heavy (non-hydrogen) atoms. The SMILES string of the molecule is COC[C@H](C)Oc1ccccc1. The molecule has 0 unspecified atom stereocenters. The van der Waals surface area contributed by atoms with Gasteiger partial charge < -0.3 is 9.47 Å². The molecule has 2 heteroatoms. The fourth-order valence-corrected chi connectivity index (χ4v) is 1.00. The van der Waals surface area contributed by atoms with E-state index in [2.05, 4.69) is 0 Å². The number of ether oxygens (including phenoxy) is 2. The Balaban J connectivity index is 2.41. The van der Waals surface area contributed by atoms with Crippen LogP contribution in [0.5, 0.6) is 5.75 Å². The minimum absolute atomic E-state index is 0.109. The standard InChI is InChI=1S/C10H14O2/c1-9(8-11-2)12-10-6-4-3-5-7-10/h3-7,9H,8H2,1-2H3/t9-/m0/s1. The van der Waals surface area contributed by atoms with Crippen molar-refractivity contribution in [2.24, 2.45) is 0 Å². The summed E-state index contributed by atoms with van der Waals surface area (Å²) in [6.45, 7) is 2.60. The molecule has 0 fully saturated rings. The molecule has 0 spiro atoms. The van der Waals surface area contributed by atoms with E-state index in [0.29, 0.717) is 6.61 Å². The van der Waals surface area contributed by atoms with Crippen LogP contribution in [0.3, 0.4) is 0 Å². The first-order chi connectivity index (χ1) is 5.83. The van der Waals surface area contributed by atoms with Gasteiger partial charge in [0.15, 0.2) is 0 Å². The van der Waals surface area contributed by atoms with Crippen LogP contribution in [0.25, 0.3) is 0 Å². The van der Waals surface area contributed by atoms with Crippen molar-refractivity contribution in [3.8, 4) is 5.75 Å². The minimum Gasteiger partial charge on any atom is -0.488 e. The van der Waals surface area contributed by atoms with Gasteiger partial charge in [-0.15, -0.1) is 0 Å². The van der Waals surface area contributed by atoms with E-state index in [1.54, 1.807) is 7.11 Å². The van der Waals surface area contributed by atoms with Crippen LogP contribution in [-0.4, -0.2) is 19.8 Å². The molecule has 0 radical (unpaired) electrons. The van der Waals surface area contributed by atoms with E-state index < -0.39 is 0 Å². The lowest BCUT2D eigenvalue weighted by Gasteiger charge is -2.12. The second-order valence-electron chi connectivity index (χ2n) is 2.70. The number of para-hydroxylation sites is 1. The average molecular weight is 166 g/mol. The summed E-state index contributed by atoms with van der Waals surface area (Å²) in [4.78, 5) is 0. The van der Waals surface area contributed by atoms with Crippen LogP contribution >= 0.6 is 0 Å². The number of methoxy groups -OCH3 is 1. The van der Waals surface area contributed by atoms with Crippen molar-refractivity contribution in [2.45, 2.75) is 13.0 Å². The summed E-state index contributed by atoms with van der Waals surface area (Å²) in [5.41, 5.74) is 0. The van der Waals surface area contributed by atoms with Gasteiger partial charge >= 0.3 is 0 Å². The molecule has 0 aliphatic rings. The predicted octanol–water partition coefficient (Wildman–Crippen LogP) is 2.10. The first kappa shape index (κ1) is 9.07. The van der Waals surface area contributed by atoms with Crippen LogP contribution in [0.4, 0.5) is 0 Å². The van der Waals surface area contributed by atoms with E-state index in [-0.39, 0.29) is 6.10 Å². The molecule has 0 bridgehead atoms. The highest BCUT2D eigenvalue weighted by Crippen LogP contribution is 2.10. The lowest BCUT2D eigenvalue weighted by molar-refractivity contribution is 0.0921. The quantitative estimate of drug-likeness (QED) is 0.682. The van der Waals surface area contributed by atoms with Crippen LogP contribution < -0.4 is 4.74 Å². The highest BCUT2D eigenvalue weighted by molar-refractivity contribution is 5.21. The van der Waals surface area contributed by atoms with E-state index in [1.807, 2.05) is 37.3 Å². The second-order valence-corrected chi connectivity index (χ2v) is 2.70. The van der Waals surface area contributed by atoms with Crippen LogP contribution in [0.1, 0.15) is 6.92 Å². The summed E-state index contributed by atoms with van der Waals surface area (Å²) >= 11 is 0. The molecular formula is C10H14O2. The van der Waals surface area contributed by atoms with Crippen LogP contribution in [0, 0.1) is 0 Å². The van der Waals surface area contributed by atoms with E-state index in [4.69, 9.17) is 9.47 Å². The molecule has 0 aliphatic heterocycles. The van der Waals surface area contributed by atoms with Crippen LogP contribution in [0.2, 0.25) is 0 Å². The zero-order valence-electron chi connectivity index (χ0n) is 7.49. The fraction of sp³-hybridized carbons (Fsp3) is 0.400. The Morgan fingerprint density at radius 2 is 1.92 bits per heavy atom. The monoisotopic (exact) mass is 166 g/mol. The lowest BCUT2D eigenvalue weighted by Crippen LogP contribution is -2.17. The number of hydrogen-bond acceptors (Lipinski definition) is 2. The Hall–Kier alpha value is -1.02. The Labute approximate surface area is 73.1 Å². The summed E-state index contributed by atoms with van der Waals surface area (Å²) in [7, 11) is 1.67. The van der Waals surface area contributed by atoms with E-state index in [9.17, 15) is 0 Å². The van der Waals surface area contributed by atoms with Crippen molar-refractivity contribution in [3.05, 3.63) is 30.3 Å². The Kier molecular flexibility index (Phi) is 3.61. The van der Waals surface area contributed by atoms with Crippen molar-refractivity contribution in [1.29, 1.82) is 0 Å². The lowest BCUT2D eigenvalue weighted by atomic mass is 10.3. The molecule has 2 nitrogen and oxygen atoms in total. The number of rotatable bonds is 4. The normalized spacial score (nSPS) is 12.5. The highest BCUT2D eigenvalue weighted by atomic mass is 16.5. The minimum atomic E-state index is 0.109. The average Bonchev–Trinajstić information content (AvgIpc) is 2.06. The maximum Gasteiger partial charge on any atom is 0.119 e. The molecule has 0 aliphatic carbocycles. The van der Waals surface area contributed by atoms with E-state index in [1.165, 1.54) is 0 Å². The maximum atomic E-state index is 5.53. The van der Waals surface area contributed by atoms with Gasteiger partial charge in [-0.2, -0.15) is 0 Å². The first-order valence-electron chi connectivity index (χ1n) is 4.03. The van der Waals surface area contributed by atoms with Gasteiger partial charge in [0, 0.05) is 7.11 Å². The molecular weight excluding hydrogens is 152 g/mol. The first-order valence-corrected chi connectivity index (χ1v) is 4.03. The van der Waals surface area contributed by atoms with Crippen molar-refractivity contribution in [2.75, 3.05) is 13.7 Å². The zero-order valence-corrected chi connectivity index (χ0v) is 7.49. The van der Waals surface area contributed by atoms with Gasteiger partial charge in [0.25, 0.3) is 0 Å². The number of benzene rings is 1. The van der Waals surface area contributed by atoms with Crippen molar-refractivity contribution < 1.29 is 9.47 Å². The van der Waals surface area contributed by atoms with E-state index >= 15 is 0 Å². The van der Waals surface area contributed by atoms with Crippen LogP contribution in [0.15, 0.2) is 30.3 Å². The fourth-order valence-electron chi connectivity index (χ4n) is 1.00. The smallest absolute Gasteiger partial charge is 0.119 e. The van der Waals surface area contributed by atoms with Gasteiger partial charge in [0.05, 0.1) is 6.61 Å². The summed E-state index contributed by atoms with van der Waals surface area (Å²) in [6, 6.07) is 9.75. The molecule has 0 aromatic heterocycles. The molecule has 1 aromatic carbocycles. The third kappa shape index (κ3) is 2.93. The topological polar surface area (TPSA) is 18.5 Å². The second kappa shape index (κ2) is 4.78. The molecule has 0 amide bonds. The highest BCUT2D eigenvalue weighted by Gasteiger charge is 2.01. The molecule has 0 N–H and O–H groups in total. The molecule has 66 valence electrons. The van der Waals surface area contributed by atoms with Gasteiger partial charge in [-0.25, -0.2) is 0 Å². The Bertz CT molecular complexity index is 208. The van der Waals surface area contributed by atoms with Gasteiger partial charge in [-0.05, 0) is 19.1 Å². The van der Waals surface area contributed by atoms with Crippen LogP contribution in [-0.2, 0) is 4.74 Å². The summed E-state index contributed by atoms with van der Waals surface area (Å²) < 4.78 is 10.5. The summed E-state index contributed by atoms with van der Waals surface area (Å²) in [5.74, 6) is 0.891. The zero-order chi connectivity index (χ0) is 8.81. The third-order valence-electron chi connectivity index (χ3n) is 1.48. The van der Waals surface area contributed by atoms with Gasteiger partial charge in [-0.1, -0.05) is 18.2 Å². The molecule has 1 aromatic rings. The van der Waals surface area contributed by atoms with Gasteiger partial charge in [-0.3, -0.25) is 0 Å². The third-order valence-corrected chi connectivity index (χ3v) is 1.48. The van der Waals surface area contributed by atoms with Gasteiger partial charge in [0.2, 0.25) is 0 Å². The summed E-state index contributed by atoms with van der Waals surface area (Å²) in [5, 5.41) is 0. The molecule has 0 saturated carbocycles. The maximum absolute atomic E-state index is 5.53. The van der Waals surface area contributed by atoms with Crippen molar-refractivity contribution in [1.82, 2.24) is 0 Å². The van der Waals surface area contributed by atoms with Gasteiger partial charge in [0.1, 0.15) is 11.9 Å². The van der Waals surface area contributed by atoms with Crippen molar-refractivity contribution >= 4 is 0 Å². The Morgan fingerprint density at radius 3 is 2.50 bits per heavy atom.